The van der Waals surface area contributed by atoms with E-state index in [1.807, 2.05) is 0 Å². The second-order valence-corrected chi connectivity index (χ2v) is 5.48. The van der Waals surface area contributed by atoms with Crippen molar-refractivity contribution in [2.75, 3.05) is 31.2 Å². The topological polar surface area (TPSA) is 77.2 Å². The lowest BCUT2D eigenvalue weighted by molar-refractivity contribution is 0.192. The number of ether oxygens (including phenoxy) is 1. The lowest BCUT2D eigenvalue weighted by Gasteiger charge is -2.13. The summed E-state index contributed by atoms with van der Waals surface area (Å²) in [6, 6.07) is 0. The molecule has 2 aromatic heterocycles. The van der Waals surface area contributed by atoms with E-state index in [1.165, 1.54) is 12.8 Å². The average molecular weight is 287 g/mol. The van der Waals surface area contributed by atoms with E-state index in [0.717, 1.165) is 37.6 Å². The SMILES string of the molecule is c1nc(N2CCCC2)ncc1-c1nc([C@H]2CCOC2)no1. The molecule has 1 atom stereocenters. The maximum atomic E-state index is 5.35. The first kappa shape index (κ1) is 12.7. The molecule has 4 rings (SSSR count). The van der Waals surface area contributed by atoms with Crippen molar-refractivity contribution in [2.45, 2.75) is 25.2 Å². The summed E-state index contributed by atoms with van der Waals surface area (Å²) in [4.78, 5) is 15.4. The highest BCUT2D eigenvalue weighted by molar-refractivity contribution is 5.51. The van der Waals surface area contributed by atoms with Gasteiger partial charge >= 0.3 is 0 Å². The maximum absolute atomic E-state index is 5.35. The van der Waals surface area contributed by atoms with Gasteiger partial charge in [0.25, 0.3) is 5.89 Å². The van der Waals surface area contributed by atoms with Crippen LogP contribution in [0.15, 0.2) is 16.9 Å². The third kappa shape index (κ3) is 2.49. The average Bonchev–Trinajstić information content (AvgIpc) is 3.27. The zero-order valence-electron chi connectivity index (χ0n) is 11.7. The van der Waals surface area contributed by atoms with Gasteiger partial charge in [-0.1, -0.05) is 5.16 Å². The Morgan fingerprint density at radius 3 is 2.67 bits per heavy atom. The summed E-state index contributed by atoms with van der Waals surface area (Å²) in [5.41, 5.74) is 0.760. The second-order valence-electron chi connectivity index (χ2n) is 5.48. The third-order valence-electron chi connectivity index (χ3n) is 4.01. The van der Waals surface area contributed by atoms with Gasteiger partial charge < -0.3 is 14.2 Å². The van der Waals surface area contributed by atoms with E-state index in [-0.39, 0.29) is 5.92 Å². The molecule has 0 N–H and O–H groups in total. The van der Waals surface area contributed by atoms with E-state index in [0.29, 0.717) is 18.3 Å². The minimum absolute atomic E-state index is 0.243. The van der Waals surface area contributed by atoms with Gasteiger partial charge in [0.1, 0.15) is 0 Å². The smallest absolute Gasteiger partial charge is 0.261 e. The Balaban J connectivity index is 1.53. The Bertz CT molecular complexity index is 600. The molecule has 0 spiro atoms. The molecule has 110 valence electrons. The minimum Gasteiger partial charge on any atom is -0.381 e. The molecule has 0 radical (unpaired) electrons. The Kier molecular flexibility index (Phi) is 3.27. The highest BCUT2D eigenvalue weighted by Crippen LogP contribution is 2.25. The van der Waals surface area contributed by atoms with Crippen molar-refractivity contribution in [1.82, 2.24) is 20.1 Å². The molecule has 2 aromatic rings. The molecule has 0 bridgehead atoms. The monoisotopic (exact) mass is 287 g/mol. The molecule has 2 aliphatic heterocycles. The van der Waals surface area contributed by atoms with Crippen LogP contribution < -0.4 is 4.90 Å². The lowest BCUT2D eigenvalue weighted by atomic mass is 10.1. The van der Waals surface area contributed by atoms with Crippen molar-refractivity contribution in [2.24, 2.45) is 0 Å². The predicted octanol–water partition coefficient (Wildman–Crippen LogP) is 1.63. The minimum atomic E-state index is 0.243. The van der Waals surface area contributed by atoms with E-state index in [2.05, 4.69) is 25.0 Å². The van der Waals surface area contributed by atoms with Crippen LogP contribution in [0.4, 0.5) is 5.95 Å². The van der Waals surface area contributed by atoms with E-state index in [4.69, 9.17) is 9.26 Å². The largest absolute Gasteiger partial charge is 0.381 e. The van der Waals surface area contributed by atoms with Crippen LogP contribution in [0.25, 0.3) is 11.5 Å². The number of aromatic nitrogens is 4. The summed E-state index contributed by atoms with van der Waals surface area (Å²) < 4.78 is 10.7. The molecule has 0 unspecified atom stereocenters. The Morgan fingerprint density at radius 1 is 1.14 bits per heavy atom. The first-order valence-corrected chi connectivity index (χ1v) is 7.39. The van der Waals surface area contributed by atoms with E-state index in [9.17, 15) is 0 Å². The zero-order valence-corrected chi connectivity index (χ0v) is 11.7. The van der Waals surface area contributed by atoms with Crippen LogP contribution in [0, 0.1) is 0 Å². The van der Waals surface area contributed by atoms with Gasteiger partial charge in [-0.3, -0.25) is 0 Å². The molecule has 2 saturated heterocycles. The highest BCUT2D eigenvalue weighted by atomic mass is 16.5. The summed E-state index contributed by atoms with van der Waals surface area (Å²) in [5, 5.41) is 4.04. The number of hydrogen-bond acceptors (Lipinski definition) is 7. The van der Waals surface area contributed by atoms with Gasteiger partial charge in [-0.15, -0.1) is 0 Å². The lowest BCUT2D eigenvalue weighted by Crippen LogP contribution is -2.20. The Hall–Kier alpha value is -2.02. The molecule has 0 aliphatic carbocycles. The van der Waals surface area contributed by atoms with Crippen molar-refractivity contribution in [3.63, 3.8) is 0 Å². The number of nitrogens with zero attached hydrogens (tertiary/aromatic N) is 5. The Morgan fingerprint density at radius 2 is 1.95 bits per heavy atom. The molecular weight excluding hydrogens is 270 g/mol. The van der Waals surface area contributed by atoms with Gasteiger partial charge in [-0.2, -0.15) is 4.98 Å². The molecule has 2 aliphatic rings. The fraction of sp³-hybridized carbons (Fsp3) is 0.571. The summed E-state index contributed by atoms with van der Waals surface area (Å²) in [7, 11) is 0. The van der Waals surface area contributed by atoms with Crippen molar-refractivity contribution in [1.29, 1.82) is 0 Å². The molecule has 7 nitrogen and oxygen atoms in total. The third-order valence-corrected chi connectivity index (χ3v) is 4.01. The van der Waals surface area contributed by atoms with Crippen molar-refractivity contribution in [3.05, 3.63) is 18.2 Å². The number of anilines is 1. The van der Waals surface area contributed by atoms with Crippen LogP contribution in [0.2, 0.25) is 0 Å². The molecule has 0 saturated carbocycles. The maximum Gasteiger partial charge on any atom is 0.261 e. The molecule has 0 aromatic carbocycles. The molecule has 4 heterocycles. The van der Waals surface area contributed by atoms with Crippen LogP contribution in [0.3, 0.4) is 0 Å². The van der Waals surface area contributed by atoms with E-state index < -0.39 is 0 Å². The summed E-state index contributed by atoms with van der Waals surface area (Å²) in [6.45, 7) is 3.50. The van der Waals surface area contributed by atoms with Gasteiger partial charge in [0.2, 0.25) is 5.95 Å². The van der Waals surface area contributed by atoms with Crippen molar-refractivity contribution < 1.29 is 9.26 Å². The first-order valence-electron chi connectivity index (χ1n) is 7.39. The van der Waals surface area contributed by atoms with Crippen molar-refractivity contribution >= 4 is 5.95 Å². The molecule has 2 fully saturated rings. The van der Waals surface area contributed by atoms with Gasteiger partial charge in [0.15, 0.2) is 5.82 Å². The normalized spacial score (nSPS) is 22.1. The molecule has 7 heteroatoms. The predicted molar refractivity (Wildman–Crippen MR) is 74.9 cm³/mol. The zero-order chi connectivity index (χ0) is 14.1. The van der Waals surface area contributed by atoms with Gasteiger partial charge in [0, 0.05) is 38.0 Å². The van der Waals surface area contributed by atoms with Crippen LogP contribution in [0.1, 0.15) is 31.0 Å². The van der Waals surface area contributed by atoms with E-state index in [1.54, 1.807) is 12.4 Å². The van der Waals surface area contributed by atoms with Gasteiger partial charge in [-0.05, 0) is 19.3 Å². The molecular formula is C14H17N5O2. The summed E-state index contributed by atoms with van der Waals surface area (Å²) in [5.74, 6) is 2.21. The van der Waals surface area contributed by atoms with E-state index >= 15 is 0 Å². The van der Waals surface area contributed by atoms with Crippen LogP contribution in [-0.2, 0) is 4.74 Å². The van der Waals surface area contributed by atoms with Crippen LogP contribution >= 0.6 is 0 Å². The first-order chi connectivity index (χ1) is 10.4. The van der Waals surface area contributed by atoms with Gasteiger partial charge in [0.05, 0.1) is 12.2 Å². The summed E-state index contributed by atoms with van der Waals surface area (Å²) in [6.07, 6.45) is 6.87. The molecule has 21 heavy (non-hydrogen) atoms. The standard InChI is InChI=1S/C14H17N5O2/c1-2-5-19(4-1)14-15-7-11(8-16-14)13-17-12(18-21-13)10-3-6-20-9-10/h7-8,10H,1-6,9H2/t10-/m0/s1. The fourth-order valence-electron chi connectivity index (χ4n) is 2.77. The molecule has 0 amide bonds. The summed E-state index contributed by atoms with van der Waals surface area (Å²) >= 11 is 0. The fourth-order valence-corrected chi connectivity index (χ4v) is 2.77. The van der Waals surface area contributed by atoms with Crippen LogP contribution in [-0.4, -0.2) is 46.4 Å². The number of hydrogen-bond donors (Lipinski definition) is 0. The second kappa shape index (κ2) is 5.40. The van der Waals surface area contributed by atoms with Crippen molar-refractivity contribution in [3.8, 4) is 11.5 Å². The van der Waals surface area contributed by atoms with Crippen LogP contribution in [0.5, 0.6) is 0 Å². The van der Waals surface area contributed by atoms with Gasteiger partial charge in [-0.25, -0.2) is 9.97 Å². The quantitative estimate of drug-likeness (QED) is 0.849. The highest BCUT2D eigenvalue weighted by Gasteiger charge is 2.23. The Labute approximate surface area is 122 Å². The number of rotatable bonds is 3.